The fourth-order valence-corrected chi connectivity index (χ4v) is 4.92. The Hall–Kier alpha value is -3.03. The molecule has 1 amide bonds. The number of aromatic nitrogens is 2. The van der Waals surface area contributed by atoms with E-state index in [0.717, 1.165) is 30.1 Å². The van der Waals surface area contributed by atoms with Gasteiger partial charge in [-0.3, -0.25) is 4.79 Å². The topological polar surface area (TPSA) is 70.9 Å². The molecule has 0 saturated carbocycles. The second-order valence-corrected chi connectivity index (χ2v) is 8.80. The summed E-state index contributed by atoms with van der Waals surface area (Å²) in [5.41, 5.74) is 3.34. The molecule has 0 N–H and O–H groups in total. The average molecular weight is 423 g/mol. The van der Waals surface area contributed by atoms with Crippen molar-refractivity contribution in [1.29, 1.82) is 0 Å². The molecule has 31 heavy (non-hydrogen) atoms. The molecule has 0 aliphatic carbocycles. The number of fused-ring (bicyclic) bond motifs is 1. The number of benzene rings is 1. The lowest BCUT2D eigenvalue weighted by molar-refractivity contribution is 0.00691. The highest BCUT2D eigenvalue weighted by Crippen LogP contribution is 2.37. The molecular weight excluding hydrogens is 397 g/mol. The number of amides is 1. The van der Waals surface area contributed by atoms with Gasteiger partial charge in [-0.05, 0) is 45.4 Å². The van der Waals surface area contributed by atoms with Crippen LogP contribution in [0.2, 0.25) is 0 Å². The molecule has 162 valence electrons. The van der Waals surface area contributed by atoms with Crippen molar-refractivity contribution in [3.05, 3.63) is 52.6 Å². The van der Waals surface area contributed by atoms with Crippen LogP contribution in [0.3, 0.4) is 0 Å². The molecule has 1 aromatic carbocycles. The Kier molecular flexibility index (Phi) is 4.87. The minimum Gasteiger partial charge on any atom is -0.387 e. The van der Waals surface area contributed by atoms with E-state index in [-0.39, 0.29) is 11.9 Å². The van der Waals surface area contributed by atoms with Gasteiger partial charge in [0.05, 0.1) is 11.8 Å². The number of aryl methyl sites for hydroxylation is 2. The van der Waals surface area contributed by atoms with E-state index in [4.69, 9.17) is 4.84 Å². The van der Waals surface area contributed by atoms with Crippen LogP contribution in [0.15, 0.2) is 29.4 Å². The molecule has 4 heterocycles. The fraction of sp³-hybridized carbons (Fsp3) is 0.478. The van der Waals surface area contributed by atoms with Gasteiger partial charge >= 0.3 is 0 Å². The molecule has 0 spiro atoms. The number of hydrogen-bond donors (Lipinski definition) is 0. The van der Waals surface area contributed by atoms with Crippen molar-refractivity contribution >= 4 is 17.6 Å². The molecule has 3 atom stereocenters. The summed E-state index contributed by atoms with van der Waals surface area (Å²) in [6, 6.07) is 6.68. The van der Waals surface area contributed by atoms with Crippen molar-refractivity contribution in [3.8, 4) is 0 Å². The van der Waals surface area contributed by atoms with Gasteiger partial charge in [0.15, 0.2) is 6.10 Å². The van der Waals surface area contributed by atoms with Crippen LogP contribution >= 0.6 is 0 Å². The Morgan fingerprint density at radius 1 is 1.16 bits per heavy atom. The summed E-state index contributed by atoms with van der Waals surface area (Å²) in [7, 11) is 0. The summed E-state index contributed by atoms with van der Waals surface area (Å²) in [6.07, 6.45) is 0.925. The highest BCUT2D eigenvalue weighted by Gasteiger charge is 2.46. The Morgan fingerprint density at radius 2 is 1.94 bits per heavy atom. The lowest BCUT2D eigenvalue weighted by Crippen LogP contribution is -2.66. The lowest BCUT2D eigenvalue weighted by atomic mass is 9.81. The van der Waals surface area contributed by atoms with Crippen LogP contribution in [0.25, 0.3) is 0 Å². The van der Waals surface area contributed by atoms with Gasteiger partial charge in [-0.15, -0.1) is 0 Å². The molecule has 1 aromatic heterocycles. The molecule has 2 saturated heterocycles. The molecule has 1 unspecified atom stereocenters. The maximum absolute atomic E-state index is 14.7. The summed E-state index contributed by atoms with van der Waals surface area (Å²) < 4.78 is 14.7. The Bertz CT molecular complexity index is 1050. The Morgan fingerprint density at radius 3 is 2.65 bits per heavy atom. The van der Waals surface area contributed by atoms with Gasteiger partial charge in [-0.25, -0.2) is 14.4 Å². The zero-order valence-corrected chi connectivity index (χ0v) is 18.0. The van der Waals surface area contributed by atoms with Crippen LogP contribution < -0.4 is 4.90 Å². The number of carbonyl (C=O) groups excluding carboxylic acids is 1. The monoisotopic (exact) mass is 423 g/mol. The number of anilines is 1. The first-order valence-corrected chi connectivity index (χ1v) is 10.8. The van der Waals surface area contributed by atoms with Gasteiger partial charge in [0.25, 0.3) is 5.91 Å². The van der Waals surface area contributed by atoms with Gasteiger partial charge in [-0.2, -0.15) is 0 Å². The van der Waals surface area contributed by atoms with E-state index in [0.29, 0.717) is 42.5 Å². The van der Waals surface area contributed by atoms with Crippen LogP contribution in [0.1, 0.15) is 53.2 Å². The van der Waals surface area contributed by atoms with Crippen molar-refractivity contribution in [2.24, 2.45) is 11.1 Å². The van der Waals surface area contributed by atoms with Gasteiger partial charge in [0, 0.05) is 54.5 Å². The van der Waals surface area contributed by atoms with Crippen LogP contribution in [-0.4, -0.2) is 52.2 Å². The van der Waals surface area contributed by atoms with Gasteiger partial charge < -0.3 is 14.6 Å². The molecule has 7 nitrogen and oxygen atoms in total. The number of likely N-dealkylation sites (tertiary alicyclic amines) is 1. The van der Waals surface area contributed by atoms with E-state index >= 15 is 0 Å². The van der Waals surface area contributed by atoms with Crippen molar-refractivity contribution in [2.45, 2.75) is 45.8 Å². The summed E-state index contributed by atoms with van der Waals surface area (Å²) in [6.45, 7) is 8.03. The van der Waals surface area contributed by atoms with Crippen molar-refractivity contribution in [3.63, 3.8) is 0 Å². The lowest BCUT2D eigenvalue weighted by Gasteiger charge is -2.53. The summed E-state index contributed by atoms with van der Waals surface area (Å²) >= 11 is 0. The molecule has 3 aliphatic heterocycles. The quantitative estimate of drug-likeness (QED) is 0.757. The standard InChI is InChI=1S/C23H26FN5O2/c1-13-9-14(2)26-23(25-13)28-8-7-16-11-29(19(16)12-28)22(30)17-5-4-6-18(24)21(17)20-10-15(3)27-31-20/h4-6,9,16,19-20H,7-8,10-12H2,1-3H3/t16-,19-,20?/m1/s1. The van der Waals surface area contributed by atoms with E-state index in [1.165, 1.54) is 6.07 Å². The summed E-state index contributed by atoms with van der Waals surface area (Å²) in [4.78, 5) is 32.1. The third-order valence-electron chi connectivity index (χ3n) is 6.49. The second-order valence-electron chi connectivity index (χ2n) is 8.80. The molecular formula is C23H26FN5O2. The van der Waals surface area contributed by atoms with Gasteiger partial charge in [-0.1, -0.05) is 11.2 Å². The van der Waals surface area contributed by atoms with Crippen LogP contribution in [0.4, 0.5) is 10.3 Å². The first-order chi connectivity index (χ1) is 14.9. The number of carbonyl (C=O) groups is 1. The minimum atomic E-state index is -0.552. The maximum Gasteiger partial charge on any atom is 0.254 e. The highest BCUT2D eigenvalue weighted by molar-refractivity contribution is 5.97. The zero-order valence-electron chi connectivity index (χ0n) is 18.0. The van der Waals surface area contributed by atoms with E-state index in [1.54, 1.807) is 12.1 Å². The summed E-state index contributed by atoms with van der Waals surface area (Å²) in [5.74, 6) is 0.601. The molecule has 0 radical (unpaired) electrons. The first-order valence-electron chi connectivity index (χ1n) is 10.8. The minimum absolute atomic E-state index is 0.0734. The molecule has 2 fully saturated rings. The number of oxime groups is 1. The van der Waals surface area contributed by atoms with Gasteiger partial charge in [0.1, 0.15) is 5.82 Å². The predicted octanol–water partition coefficient (Wildman–Crippen LogP) is 3.42. The maximum atomic E-state index is 14.7. The number of halogens is 1. The first kappa shape index (κ1) is 19.9. The number of hydrogen-bond acceptors (Lipinski definition) is 6. The zero-order chi connectivity index (χ0) is 21.7. The van der Waals surface area contributed by atoms with E-state index in [2.05, 4.69) is 20.0 Å². The molecule has 5 rings (SSSR count). The predicted molar refractivity (Wildman–Crippen MR) is 115 cm³/mol. The van der Waals surface area contributed by atoms with E-state index < -0.39 is 11.9 Å². The van der Waals surface area contributed by atoms with Crippen LogP contribution in [-0.2, 0) is 4.84 Å². The second kappa shape index (κ2) is 7.59. The largest absolute Gasteiger partial charge is 0.387 e. The number of piperidine rings is 1. The number of rotatable bonds is 3. The van der Waals surface area contributed by atoms with Gasteiger partial charge in [0.2, 0.25) is 5.95 Å². The molecule has 8 heteroatoms. The third kappa shape index (κ3) is 3.54. The van der Waals surface area contributed by atoms with Crippen molar-refractivity contribution in [1.82, 2.24) is 14.9 Å². The Balaban J connectivity index is 1.37. The summed E-state index contributed by atoms with van der Waals surface area (Å²) in [5, 5.41) is 3.94. The normalized spacial score (nSPS) is 24.9. The number of nitrogens with zero attached hydrogens (tertiary/aromatic N) is 5. The highest BCUT2D eigenvalue weighted by atomic mass is 19.1. The van der Waals surface area contributed by atoms with Crippen LogP contribution in [0.5, 0.6) is 0 Å². The SMILES string of the molecule is CC1=NOC(c2c(F)cccc2C(=O)N2C[C@H]3CCN(c4nc(C)cc(C)n4)C[C@H]32)C1. The molecule has 2 aromatic rings. The Labute approximate surface area is 180 Å². The fourth-order valence-electron chi connectivity index (χ4n) is 4.92. The van der Waals surface area contributed by atoms with Crippen molar-refractivity contribution in [2.75, 3.05) is 24.5 Å². The average Bonchev–Trinajstić information content (AvgIpc) is 3.13. The third-order valence-corrected chi connectivity index (χ3v) is 6.49. The van der Waals surface area contributed by atoms with Crippen LogP contribution in [0, 0.1) is 25.6 Å². The van der Waals surface area contributed by atoms with Crippen molar-refractivity contribution < 1.29 is 14.0 Å². The molecule has 0 bridgehead atoms. The molecule has 3 aliphatic rings. The smallest absolute Gasteiger partial charge is 0.254 e. The van der Waals surface area contributed by atoms with E-state index in [9.17, 15) is 9.18 Å². The van der Waals surface area contributed by atoms with E-state index in [1.807, 2.05) is 31.7 Å².